The summed E-state index contributed by atoms with van der Waals surface area (Å²) in [6.45, 7) is 2.82. The zero-order valence-corrected chi connectivity index (χ0v) is 19.6. The lowest BCUT2D eigenvalue weighted by molar-refractivity contribution is -0.385. The number of carbonyl (C=O) groups is 2. The number of methoxy groups -OCH3 is 1. The molecule has 0 aliphatic carbocycles. The average molecular weight is 498 g/mol. The number of aryl methyl sites for hydroxylation is 2. The second-order valence-corrected chi connectivity index (χ2v) is 8.55. The molecule has 0 atom stereocenters. The number of nitrogens with zero attached hydrogens (tertiary/aromatic N) is 3. The number of carbonyl (C=O) groups excluding carboxylic acids is 2. The molecule has 0 saturated carbocycles. The number of nitro groups is 1. The van der Waals surface area contributed by atoms with E-state index in [0.29, 0.717) is 27.5 Å². The molecule has 2 aromatic carbocycles. The first-order valence-corrected chi connectivity index (χ1v) is 11.0. The number of halogens is 1. The van der Waals surface area contributed by atoms with Crippen LogP contribution >= 0.6 is 11.3 Å². The second-order valence-electron chi connectivity index (χ2n) is 7.52. The lowest BCUT2D eigenvalue weighted by Crippen LogP contribution is -2.21. The van der Waals surface area contributed by atoms with Gasteiger partial charge in [0.25, 0.3) is 5.91 Å². The number of hydrogen-bond acceptors (Lipinski definition) is 8. The predicted octanol–water partition coefficient (Wildman–Crippen LogP) is 4.56. The number of thiophene rings is 1. The van der Waals surface area contributed by atoms with E-state index in [9.17, 15) is 24.1 Å². The van der Waals surface area contributed by atoms with Gasteiger partial charge < -0.3 is 14.8 Å². The molecule has 180 valence electrons. The minimum absolute atomic E-state index is 0.0104. The van der Waals surface area contributed by atoms with Crippen molar-refractivity contribution in [2.24, 2.45) is 0 Å². The van der Waals surface area contributed by atoms with E-state index >= 15 is 0 Å². The quantitative estimate of drug-likeness (QED) is 0.225. The van der Waals surface area contributed by atoms with Crippen LogP contribution in [0.4, 0.5) is 15.8 Å². The van der Waals surface area contributed by atoms with Gasteiger partial charge in [0, 0.05) is 23.2 Å². The van der Waals surface area contributed by atoms with Gasteiger partial charge in [0.2, 0.25) is 0 Å². The Morgan fingerprint density at radius 2 is 1.91 bits per heavy atom. The summed E-state index contributed by atoms with van der Waals surface area (Å²) in [7, 11) is 1.28. The molecule has 0 saturated heterocycles. The Balaban J connectivity index is 1.46. The van der Waals surface area contributed by atoms with Gasteiger partial charge in [-0.05, 0) is 49.7 Å². The third-order valence-electron chi connectivity index (χ3n) is 5.15. The molecule has 2 aromatic heterocycles. The van der Waals surface area contributed by atoms with Gasteiger partial charge in [0.05, 0.1) is 23.4 Å². The van der Waals surface area contributed by atoms with Crippen molar-refractivity contribution in [1.82, 2.24) is 9.78 Å². The van der Waals surface area contributed by atoms with Gasteiger partial charge in [-0.25, -0.2) is 13.9 Å². The molecule has 0 aliphatic heterocycles. The van der Waals surface area contributed by atoms with Crippen LogP contribution in [-0.4, -0.2) is 40.3 Å². The van der Waals surface area contributed by atoms with Crippen LogP contribution in [0.15, 0.2) is 42.5 Å². The molecular weight excluding hydrogens is 479 g/mol. The molecule has 1 N–H and O–H groups in total. The summed E-state index contributed by atoms with van der Waals surface area (Å²) in [6.07, 6.45) is 0. The lowest BCUT2D eigenvalue weighted by atomic mass is 10.1. The highest BCUT2D eigenvalue weighted by atomic mass is 32.1. The second kappa shape index (κ2) is 9.50. The van der Waals surface area contributed by atoms with Gasteiger partial charge in [0.15, 0.2) is 12.4 Å². The molecule has 0 radical (unpaired) electrons. The number of benzene rings is 2. The molecule has 12 heteroatoms. The molecule has 10 nitrogen and oxygen atoms in total. The number of fused-ring (bicyclic) bond motifs is 1. The monoisotopic (exact) mass is 498 g/mol. The minimum Gasteiger partial charge on any atom is -0.490 e. The molecule has 0 unspecified atom stereocenters. The minimum atomic E-state index is -0.690. The van der Waals surface area contributed by atoms with Crippen LogP contribution in [0.3, 0.4) is 0 Å². The number of nitrogens with one attached hydrogen (secondary N) is 1. The molecule has 0 fully saturated rings. The number of anilines is 1. The number of ether oxygens (including phenoxy) is 2. The summed E-state index contributed by atoms with van der Waals surface area (Å²) in [5, 5.41) is 18.9. The number of hydrogen-bond donors (Lipinski definition) is 1. The SMILES string of the molecule is COc1cc(NC(=O)COC(=O)c2cc3c(C)nn(-c4ccc(F)cc4)c3s2)c(C)cc1[N+](=O)[O-]. The summed E-state index contributed by atoms with van der Waals surface area (Å²) < 4.78 is 25.1. The van der Waals surface area contributed by atoms with Gasteiger partial charge in [-0.3, -0.25) is 14.9 Å². The van der Waals surface area contributed by atoms with Crippen molar-refractivity contribution in [1.29, 1.82) is 0 Å². The first kappa shape index (κ1) is 23.8. The molecule has 0 spiro atoms. The average Bonchev–Trinajstić information content (AvgIpc) is 3.39. The van der Waals surface area contributed by atoms with Crippen LogP contribution in [0.1, 0.15) is 20.9 Å². The van der Waals surface area contributed by atoms with Crippen LogP contribution in [-0.2, 0) is 9.53 Å². The smallest absolute Gasteiger partial charge is 0.348 e. The highest BCUT2D eigenvalue weighted by molar-refractivity contribution is 7.20. The third-order valence-corrected chi connectivity index (χ3v) is 6.24. The Morgan fingerprint density at radius 3 is 2.57 bits per heavy atom. The number of rotatable bonds is 7. The van der Waals surface area contributed by atoms with Crippen LogP contribution in [0.5, 0.6) is 5.75 Å². The van der Waals surface area contributed by atoms with Crippen molar-refractivity contribution in [3.8, 4) is 11.4 Å². The van der Waals surface area contributed by atoms with Gasteiger partial charge >= 0.3 is 11.7 Å². The highest BCUT2D eigenvalue weighted by Crippen LogP contribution is 2.33. The van der Waals surface area contributed by atoms with Crippen molar-refractivity contribution in [3.63, 3.8) is 0 Å². The zero-order valence-electron chi connectivity index (χ0n) is 18.8. The Kier molecular flexibility index (Phi) is 6.47. The first-order chi connectivity index (χ1) is 16.7. The maximum atomic E-state index is 13.3. The summed E-state index contributed by atoms with van der Waals surface area (Å²) in [5.74, 6) is -1.69. The fourth-order valence-corrected chi connectivity index (χ4v) is 4.48. The van der Waals surface area contributed by atoms with Gasteiger partial charge in [0.1, 0.15) is 15.5 Å². The first-order valence-electron chi connectivity index (χ1n) is 10.2. The number of esters is 1. The largest absolute Gasteiger partial charge is 0.490 e. The zero-order chi connectivity index (χ0) is 25.3. The topological polar surface area (TPSA) is 126 Å². The Hall–Kier alpha value is -4.32. The summed E-state index contributed by atoms with van der Waals surface area (Å²) >= 11 is 1.14. The van der Waals surface area contributed by atoms with Crippen LogP contribution in [0.2, 0.25) is 0 Å². The van der Waals surface area contributed by atoms with E-state index in [-0.39, 0.29) is 22.1 Å². The standard InChI is InChI=1S/C23H19FN4O6S/c1-12-8-18(28(31)32)19(33-3)10-17(12)25-21(29)11-34-23(30)20-9-16-13(2)26-27(22(16)35-20)15-6-4-14(24)5-7-15/h4-10H,11H2,1-3H3,(H,25,29). The van der Waals surface area contributed by atoms with E-state index in [4.69, 9.17) is 9.47 Å². The van der Waals surface area contributed by atoms with Crippen molar-refractivity contribution >= 4 is 44.8 Å². The fourth-order valence-electron chi connectivity index (χ4n) is 3.41. The summed E-state index contributed by atoms with van der Waals surface area (Å²) in [4.78, 5) is 36.4. The molecule has 0 bridgehead atoms. The molecule has 1 amide bonds. The predicted molar refractivity (Wildman–Crippen MR) is 127 cm³/mol. The molecule has 4 aromatic rings. The van der Waals surface area contributed by atoms with Gasteiger partial charge in [-0.1, -0.05) is 0 Å². The normalized spacial score (nSPS) is 10.9. The van der Waals surface area contributed by atoms with Gasteiger partial charge in [-0.15, -0.1) is 11.3 Å². The van der Waals surface area contributed by atoms with E-state index < -0.39 is 23.4 Å². The fraction of sp³-hybridized carbons (Fsp3) is 0.174. The van der Waals surface area contributed by atoms with Crippen molar-refractivity contribution in [3.05, 3.63) is 74.5 Å². The summed E-state index contributed by atoms with van der Waals surface area (Å²) in [5.41, 5.74) is 1.83. The third kappa shape index (κ3) is 4.82. The highest BCUT2D eigenvalue weighted by Gasteiger charge is 2.21. The van der Waals surface area contributed by atoms with Crippen molar-refractivity contribution in [2.45, 2.75) is 13.8 Å². The van der Waals surface area contributed by atoms with Gasteiger partial charge in [-0.2, -0.15) is 5.10 Å². The molecule has 2 heterocycles. The Bertz CT molecular complexity index is 1460. The van der Waals surface area contributed by atoms with E-state index in [1.807, 2.05) is 0 Å². The molecule has 35 heavy (non-hydrogen) atoms. The summed E-state index contributed by atoms with van der Waals surface area (Å²) in [6, 6.07) is 10.1. The number of nitro benzene ring substituents is 1. The molecule has 4 rings (SSSR count). The van der Waals surface area contributed by atoms with Crippen molar-refractivity contribution in [2.75, 3.05) is 19.0 Å². The van der Waals surface area contributed by atoms with E-state index in [0.717, 1.165) is 16.7 Å². The molecule has 0 aliphatic rings. The Labute approximate surface area is 202 Å². The number of amides is 1. The lowest BCUT2D eigenvalue weighted by Gasteiger charge is -2.11. The molecular formula is C23H19FN4O6S. The van der Waals surface area contributed by atoms with E-state index in [1.165, 1.54) is 31.4 Å². The van der Waals surface area contributed by atoms with E-state index in [1.54, 1.807) is 36.7 Å². The number of aromatic nitrogens is 2. The Morgan fingerprint density at radius 1 is 1.20 bits per heavy atom. The van der Waals surface area contributed by atoms with Crippen LogP contribution in [0.25, 0.3) is 15.9 Å². The van der Waals surface area contributed by atoms with Crippen LogP contribution < -0.4 is 10.1 Å². The van der Waals surface area contributed by atoms with Crippen LogP contribution in [0, 0.1) is 29.8 Å². The van der Waals surface area contributed by atoms with Crippen molar-refractivity contribution < 1.29 is 28.4 Å². The maximum absolute atomic E-state index is 13.3. The maximum Gasteiger partial charge on any atom is 0.348 e. The van der Waals surface area contributed by atoms with E-state index in [2.05, 4.69) is 10.4 Å².